The normalized spacial score (nSPS) is 14.5. The fraction of sp³-hybridized carbons (Fsp3) is 0.444. The lowest BCUT2D eigenvalue weighted by Crippen LogP contribution is -2.24. The Balaban J connectivity index is 1.61. The molecular formula is C27H36N8O. The molecule has 1 amide bonds. The van der Waals surface area contributed by atoms with Gasteiger partial charge >= 0.3 is 0 Å². The number of amides is 1. The molecule has 4 heterocycles. The molecule has 0 fully saturated rings. The molecule has 0 radical (unpaired) electrons. The average molecular weight is 489 g/mol. The van der Waals surface area contributed by atoms with E-state index >= 15 is 0 Å². The molecule has 36 heavy (non-hydrogen) atoms. The van der Waals surface area contributed by atoms with Gasteiger partial charge in [0.15, 0.2) is 5.82 Å². The van der Waals surface area contributed by atoms with Crippen LogP contribution in [0.15, 0.2) is 42.2 Å². The van der Waals surface area contributed by atoms with Crippen molar-refractivity contribution in [2.75, 3.05) is 17.3 Å². The summed E-state index contributed by atoms with van der Waals surface area (Å²) in [5.74, 6) is 1.93. The molecule has 1 aliphatic rings. The number of nitrogens with zero attached hydrogens (tertiary/aromatic N) is 6. The number of pyridine rings is 2. The fourth-order valence-electron chi connectivity index (χ4n) is 4.35. The van der Waals surface area contributed by atoms with E-state index in [0.29, 0.717) is 36.0 Å². The molecule has 0 bridgehead atoms. The summed E-state index contributed by atoms with van der Waals surface area (Å²) >= 11 is 0. The van der Waals surface area contributed by atoms with Crippen LogP contribution in [0.5, 0.6) is 0 Å². The minimum Gasteiger partial charge on any atom is -0.368 e. The molecule has 190 valence electrons. The first kappa shape index (κ1) is 25.5. The zero-order valence-corrected chi connectivity index (χ0v) is 22.0. The number of hydrogen-bond donors (Lipinski definition) is 2. The van der Waals surface area contributed by atoms with Gasteiger partial charge in [0.2, 0.25) is 0 Å². The molecule has 3 aromatic heterocycles. The first-order chi connectivity index (χ1) is 17.3. The standard InChI is InChI=1S/C27H36N8O/c1-7-18(4)11-12-19(5)30-24-13-20-21(23(31-24)14-28-6)15-34(27(20)36)25-10-8-9-22(32-25)26-33-29-16-35(26)17(2)3/h7-10,13,16-17,19,28H,11-12,14-15H2,1-6H3,(H,30,31)/b18-7+/t19-/m1/s1. The summed E-state index contributed by atoms with van der Waals surface area (Å²) in [5.41, 5.74) is 4.54. The largest absolute Gasteiger partial charge is 0.368 e. The van der Waals surface area contributed by atoms with Crippen LogP contribution in [0.1, 0.15) is 75.1 Å². The maximum atomic E-state index is 13.6. The fourth-order valence-corrected chi connectivity index (χ4v) is 4.35. The maximum Gasteiger partial charge on any atom is 0.260 e. The summed E-state index contributed by atoms with van der Waals surface area (Å²) in [6.07, 6.45) is 5.87. The Morgan fingerprint density at radius 3 is 2.75 bits per heavy atom. The van der Waals surface area contributed by atoms with Crippen LogP contribution >= 0.6 is 0 Å². The topological polar surface area (TPSA) is 101 Å². The number of rotatable bonds is 10. The van der Waals surface area contributed by atoms with Gasteiger partial charge in [0.1, 0.15) is 23.7 Å². The van der Waals surface area contributed by atoms with Gasteiger partial charge in [-0.15, -0.1) is 10.2 Å². The number of carbonyl (C=O) groups is 1. The van der Waals surface area contributed by atoms with Crippen molar-refractivity contribution in [2.45, 2.75) is 72.6 Å². The van der Waals surface area contributed by atoms with Crippen molar-refractivity contribution < 1.29 is 4.79 Å². The van der Waals surface area contributed by atoms with E-state index in [9.17, 15) is 4.79 Å². The highest BCUT2D eigenvalue weighted by Crippen LogP contribution is 2.32. The van der Waals surface area contributed by atoms with Crippen molar-refractivity contribution in [1.82, 2.24) is 30.0 Å². The lowest BCUT2D eigenvalue weighted by molar-refractivity contribution is 0.0996. The third-order valence-corrected chi connectivity index (χ3v) is 6.57. The van der Waals surface area contributed by atoms with E-state index < -0.39 is 0 Å². The monoisotopic (exact) mass is 488 g/mol. The van der Waals surface area contributed by atoms with Gasteiger partial charge in [-0.25, -0.2) is 9.97 Å². The van der Waals surface area contributed by atoms with E-state index in [-0.39, 0.29) is 18.0 Å². The van der Waals surface area contributed by atoms with Gasteiger partial charge in [-0.1, -0.05) is 17.7 Å². The third kappa shape index (κ3) is 5.31. The van der Waals surface area contributed by atoms with E-state index in [1.807, 2.05) is 35.9 Å². The minimum absolute atomic E-state index is 0.0693. The maximum absolute atomic E-state index is 13.6. The van der Waals surface area contributed by atoms with Gasteiger partial charge in [-0.05, 0) is 72.7 Å². The van der Waals surface area contributed by atoms with Crippen molar-refractivity contribution in [3.05, 3.63) is 59.1 Å². The molecule has 0 unspecified atom stereocenters. The van der Waals surface area contributed by atoms with Crippen molar-refractivity contribution in [3.63, 3.8) is 0 Å². The Morgan fingerprint density at radius 1 is 1.22 bits per heavy atom. The Kier molecular flexibility index (Phi) is 7.79. The number of aromatic nitrogens is 5. The van der Waals surface area contributed by atoms with Crippen molar-refractivity contribution in [3.8, 4) is 11.5 Å². The first-order valence-corrected chi connectivity index (χ1v) is 12.6. The van der Waals surface area contributed by atoms with Crippen molar-refractivity contribution in [2.24, 2.45) is 0 Å². The predicted molar refractivity (Wildman–Crippen MR) is 143 cm³/mol. The number of anilines is 2. The van der Waals surface area contributed by atoms with Gasteiger partial charge in [0.05, 0.1) is 17.8 Å². The molecule has 3 aromatic rings. The molecule has 4 rings (SSSR count). The van der Waals surface area contributed by atoms with Gasteiger partial charge in [-0.2, -0.15) is 0 Å². The van der Waals surface area contributed by atoms with Crippen LogP contribution < -0.4 is 15.5 Å². The second-order valence-corrected chi connectivity index (χ2v) is 9.66. The van der Waals surface area contributed by atoms with Crippen LogP contribution in [0.4, 0.5) is 11.6 Å². The molecule has 2 N–H and O–H groups in total. The van der Waals surface area contributed by atoms with E-state index in [1.165, 1.54) is 5.57 Å². The highest BCUT2D eigenvalue weighted by atomic mass is 16.2. The van der Waals surface area contributed by atoms with E-state index in [4.69, 9.17) is 9.97 Å². The summed E-state index contributed by atoms with van der Waals surface area (Å²) < 4.78 is 1.97. The van der Waals surface area contributed by atoms with Crippen LogP contribution in [0.25, 0.3) is 11.5 Å². The zero-order chi connectivity index (χ0) is 25.8. The lowest BCUT2D eigenvalue weighted by Gasteiger charge is -2.16. The lowest BCUT2D eigenvalue weighted by atomic mass is 10.1. The highest BCUT2D eigenvalue weighted by molar-refractivity contribution is 6.10. The molecule has 0 aromatic carbocycles. The molecule has 1 atom stereocenters. The molecule has 0 saturated heterocycles. The molecule has 9 heteroatoms. The summed E-state index contributed by atoms with van der Waals surface area (Å²) in [4.78, 5) is 25.0. The number of hydrogen-bond acceptors (Lipinski definition) is 7. The molecule has 1 aliphatic heterocycles. The smallest absolute Gasteiger partial charge is 0.260 e. The molecule has 0 spiro atoms. The Labute approximate surface area is 213 Å². The number of carbonyl (C=O) groups excluding carboxylic acids is 1. The van der Waals surface area contributed by atoms with Crippen molar-refractivity contribution in [1.29, 1.82) is 0 Å². The van der Waals surface area contributed by atoms with Gasteiger partial charge < -0.3 is 15.2 Å². The van der Waals surface area contributed by atoms with Crippen LogP contribution in [-0.2, 0) is 13.1 Å². The Morgan fingerprint density at radius 2 is 2.03 bits per heavy atom. The first-order valence-electron chi connectivity index (χ1n) is 12.6. The summed E-state index contributed by atoms with van der Waals surface area (Å²) in [6.45, 7) is 11.5. The average Bonchev–Trinajstić information content (AvgIpc) is 3.49. The second kappa shape index (κ2) is 11.0. The van der Waals surface area contributed by atoms with E-state index in [1.54, 1.807) is 11.2 Å². The number of fused-ring (bicyclic) bond motifs is 1. The third-order valence-electron chi connectivity index (χ3n) is 6.57. The second-order valence-electron chi connectivity index (χ2n) is 9.66. The Hall–Kier alpha value is -3.59. The van der Waals surface area contributed by atoms with Crippen LogP contribution in [-0.4, -0.2) is 43.7 Å². The molecule has 0 saturated carbocycles. The SMILES string of the molecule is C/C=C(\C)CC[C@@H](C)Nc1cc2c(c(CNC)n1)CN(c1cccc(-c3nncn3C(C)C)n1)C2=O. The van der Waals surface area contributed by atoms with E-state index in [2.05, 4.69) is 61.5 Å². The number of nitrogens with one attached hydrogen (secondary N) is 2. The van der Waals surface area contributed by atoms with Crippen LogP contribution in [0.3, 0.4) is 0 Å². The molecule has 9 nitrogen and oxygen atoms in total. The highest BCUT2D eigenvalue weighted by Gasteiger charge is 2.33. The molecular weight excluding hydrogens is 452 g/mol. The quantitative estimate of drug-likeness (QED) is 0.397. The minimum atomic E-state index is -0.0693. The predicted octanol–water partition coefficient (Wildman–Crippen LogP) is 4.74. The van der Waals surface area contributed by atoms with Crippen LogP contribution in [0, 0.1) is 0 Å². The van der Waals surface area contributed by atoms with Gasteiger partial charge in [0.25, 0.3) is 5.91 Å². The van der Waals surface area contributed by atoms with Crippen LogP contribution in [0.2, 0.25) is 0 Å². The molecule has 0 aliphatic carbocycles. The summed E-state index contributed by atoms with van der Waals surface area (Å²) in [6, 6.07) is 7.98. The van der Waals surface area contributed by atoms with Gasteiger partial charge in [-0.3, -0.25) is 9.69 Å². The summed E-state index contributed by atoms with van der Waals surface area (Å²) in [5, 5.41) is 15.0. The Bertz CT molecular complexity index is 1260. The summed E-state index contributed by atoms with van der Waals surface area (Å²) in [7, 11) is 1.89. The van der Waals surface area contributed by atoms with Crippen molar-refractivity contribution >= 4 is 17.5 Å². The number of allylic oxidation sites excluding steroid dienone is 2. The van der Waals surface area contributed by atoms with Gasteiger partial charge in [0, 0.05) is 24.2 Å². The van der Waals surface area contributed by atoms with E-state index in [0.717, 1.165) is 29.9 Å². The zero-order valence-electron chi connectivity index (χ0n) is 22.0.